The molecule has 0 N–H and O–H groups in total. The predicted octanol–water partition coefficient (Wildman–Crippen LogP) is 1.58. The molecule has 0 saturated heterocycles. The maximum Gasteiger partial charge on any atom is 0.237 e. The minimum atomic E-state index is 0.0144. The van der Waals surface area contributed by atoms with E-state index in [1.165, 1.54) is 11.8 Å². The monoisotopic (exact) mass is 153 g/mol. The van der Waals surface area contributed by atoms with Crippen LogP contribution in [0.2, 0.25) is 0 Å². The van der Waals surface area contributed by atoms with E-state index in [1.54, 1.807) is 30.7 Å². The number of pyridine rings is 1. The minimum absolute atomic E-state index is 0.0144. The Bertz CT molecular complexity index is 222. The van der Waals surface area contributed by atoms with Crippen LogP contribution in [0.4, 0.5) is 0 Å². The molecule has 1 rings (SSSR count). The third-order valence-electron chi connectivity index (χ3n) is 1.06. The third-order valence-corrected chi connectivity index (χ3v) is 1.64. The third kappa shape index (κ3) is 1.57. The van der Waals surface area contributed by atoms with Crippen molar-refractivity contribution < 1.29 is 4.79 Å². The van der Waals surface area contributed by atoms with Crippen molar-refractivity contribution in [3.63, 3.8) is 0 Å². The van der Waals surface area contributed by atoms with Gasteiger partial charge in [0.15, 0.2) is 0 Å². The van der Waals surface area contributed by atoms with Crippen LogP contribution in [-0.2, 0) is 0 Å². The molecule has 10 heavy (non-hydrogen) atoms. The maximum atomic E-state index is 10.9. The second kappa shape index (κ2) is 3.37. The van der Waals surface area contributed by atoms with Crippen LogP contribution >= 0.6 is 11.8 Å². The van der Waals surface area contributed by atoms with Crippen molar-refractivity contribution in [2.75, 3.05) is 6.26 Å². The minimum Gasteiger partial charge on any atom is -0.280 e. The summed E-state index contributed by atoms with van der Waals surface area (Å²) in [5, 5.41) is 0.0144. The van der Waals surface area contributed by atoms with Gasteiger partial charge in [-0.3, -0.25) is 9.78 Å². The molecule has 0 aliphatic heterocycles. The van der Waals surface area contributed by atoms with E-state index in [0.717, 1.165) is 0 Å². The number of hydrogen-bond acceptors (Lipinski definition) is 3. The summed E-state index contributed by atoms with van der Waals surface area (Å²) in [6, 6.07) is 5.30. The van der Waals surface area contributed by atoms with E-state index in [9.17, 15) is 4.79 Å². The summed E-state index contributed by atoms with van der Waals surface area (Å²) in [4.78, 5) is 14.8. The van der Waals surface area contributed by atoms with Crippen molar-refractivity contribution in [1.82, 2.24) is 4.98 Å². The molecule has 1 aromatic heterocycles. The summed E-state index contributed by atoms with van der Waals surface area (Å²) in [7, 11) is 0. The molecule has 0 radical (unpaired) electrons. The Morgan fingerprint density at radius 1 is 1.60 bits per heavy atom. The van der Waals surface area contributed by atoms with E-state index in [2.05, 4.69) is 4.98 Å². The first-order chi connectivity index (χ1) is 4.84. The first-order valence-corrected chi connectivity index (χ1v) is 4.06. The van der Waals surface area contributed by atoms with Crippen LogP contribution in [0.15, 0.2) is 24.4 Å². The molecular formula is C7H7NOS. The summed E-state index contributed by atoms with van der Waals surface area (Å²) < 4.78 is 0. The highest BCUT2D eigenvalue weighted by molar-refractivity contribution is 8.13. The van der Waals surface area contributed by atoms with Gasteiger partial charge in [-0.1, -0.05) is 17.8 Å². The van der Waals surface area contributed by atoms with E-state index in [0.29, 0.717) is 5.69 Å². The average molecular weight is 153 g/mol. The van der Waals surface area contributed by atoms with Crippen LogP contribution in [0.5, 0.6) is 0 Å². The normalized spacial score (nSPS) is 9.30. The molecule has 0 aliphatic rings. The van der Waals surface area contributed by atoms with Gasteiger partial charge >= 0.3 is 0 Å². The molecule has 52 valence electrons. The highest BCUT2D eigenvalue weighted by Gasteiger charge is 2.01. The molecule has 0 atom stereocenters. The van der Waals surface area contributed by atoms with Crippen LogP contribution in [-0.4, -0.2) is 16.4 Å². The van der Waals surface area contributed by atoms with Crippen LogP contribution in [0.25, 0.3) is 0 Å². The van der Waals surface area contributed by atoms with Gasteiger partial charge in [-0.15, -0.1) is 0 Å². The number of nitrogens with zero attached hydrogens (tertiary/aromatic N) is 1. The average Bonchev–Trinajstić information content (AvgIpc) is 2.05. The smallest absolute Gasteiger partial charge is 0.237 e. The molecule has 0 fully saturated rings. The second-order valence-corrected chi connectivity index (χ2v) is 2.49. The molecule has 0 unspecified atom stereocenters. The topological polar surface area (TPSA) is 30.0 Å². The van der Waals surface area contributed by atoms with Gasteiger partial charge in [0.1, 0.15) is 5.69 Å². The predicted molar refractivity (Wildman–Crippen MR) is 42.1 cm³/mol. The Labute approximate surface area is 63.7 Å². The summed E-state index contributed by atoms with van der Waals surface area (Å²) >= 11 is 1.18. The first kappa shape index (κ1) is 7.28. The van der Waals surface area contributed by atoms with Gasteiger partial charge in [0.2, 0.25) is 5.12 Å². The lowest BCUT2D eigenvalue weighted by molar-refractivity contribution is 0.108. The highest BCUT2D eigenvalue weighted by Crippen LogP contribution is 2.04. The van der Waals surface area contributed by atoms with E-state index in [4.69, 9.17) is 0 Å². The van der Waals surface area contributed by atoms with Crippen molar-refractivity contribution in [3.8, 4) is 0 Å². The highest BCUT2D eigenvalue weighted by atomic mass is 32.2. The van der Waals surface area contributed by atoms with E-state index in [1.807, 2.05) is 0 Å². The molecule has 2 nitrogen and oxygen atoms in total. The van der Waals surface area contributed by atoms with Gasteiger partial charge in [-0.25, -0.2) is 0 Å². The fourth-order valence-corrected chi connectivity index (χ4v) is 0.918. The van der Waals surface area contributed by atoms with Gasteiger partial charge in [-0.2, -0.15) is 0 Å². The van der Waals surface area contributed by atoms with Crippen LogP contribution in [0, 0.1) is 0 Å². The van der Waals surface area contributed by atoms with Crippen molar-refractivity contribution in [3.05, 3.63) is 30.1 Å². The molecular weight excluding hydrogens is 146 g/mol. The molecule has 0 amide bonds. The SMILES string of the molecule is CSC(=O)c1ccccn1. The standard InChI is InChI=1S/C7H7NOS/c1-10-7(9)6-4-2-3-5-8-6/h2-5H,1H3. The zero-order valence-corrected chi connectivity index (χ0v) is 6.39. The Kier molecular flexibility index (Phi) is 2.45. The zero-order chi connectivity index (χ0) is 7.40. The van der Waals surface area contributed by atoms with Crippen molar-refractivity contribution >= 4 is 16.9 Å². The Morgan fingerprint density at radius 2 is 2.40 bits per heavy atom. The summed E-state index contributed by atoms with van der Waals surface area (Å²) in [5.41, 5.74) is 0.523. The van der Waals surface area contributed by atoms with Crippen molar-refractivity contribution in [2.45, 2.75) is 0 Å². The Hall–Kier alpha value is -0.830. The van der Waals surface area contributed by atoms with E-state index in [-0.39, 0.29) is 5.12 Å². The largest absolute Gasteiger partial charge is 0.280 e. The van der Waals surface area contributed by atoms with Crippen molar-refractivity contribution in [1.29, 1.82) is 0 Å². The van der Waals surface area contributed by atoms with Crippen LogP contribution in [0.1, 0.15) is 10.5 Å². The molecule has 0 aromatic carbocycles. The van der Waals surface area contributed by atoms with Gasteiger partial charge in [0.25, 0.3) is 0 Å². The number of thioether (sulfide) groups is 1. The number of carbonyl (C=O) groups is 1. The maximum absolute atomic E-state index is 10.9. The number of aromatic nitrogens is 1. The van der Waals surface area contributed by atoms with Crippen molar-refractivity contribution in [2.24, 2.45) is 0 Å². The van der Waals surface area contributed by atoms with Gasteiger partial charge in [0, 0.05) is 6.20 Å². The molecule has 3 heteroatoms. The number of hydrogen-bond donors (Lipinski definition) is 0. The molecule has 0 saturated carbocycles. The van der Waals surface area contributed by atoms with Crippen LogP contribution < -0.4 is 0 Å². The first-order valence-electron chi connectivity index (χ1n) is 2.84. The molecule has 1 aromatic rings. The fourth-order valence-electron chi connectivity index (χ4n) is 0.588. The number of carbonyl (C=O) groups excluding carboxylic acids is 1. The summed E-state index contributed by atoms with van der Waals surface area (Å²) in [6.45, 7) is 0. The molecule has 0 bridgehead atoms. The van der Waals surface area contributed by atoms with Gasteiger partial charge in [0.05, 0.1) is 0 Å². The summed E-state index contributed by atoms with van der Waals surface area (Å²) in [6.07, 6.45) is 3.36. The Morgan fingerprint density at radius 3 is 2.90 bits per heavy atom. The number of rotatable bonds is 1. The lowest BCUT2D eigenvalue weighted by atomic mass is 10.4. The molecule has 0 spiro atoms. The Balaban J connectivity index is 2.85. The lowest BCUT2D eigenvalue weighted by Crippen LogP contribution is -1.94. The summed E-state index contributed by atoms with van der Waals surface area (Å²) in [5.74, 6) is 0. The molecule has 1 heterocycles. The lowest BCUT2D eigenvalue weighted by Gasteiger charge is -1.91. The van der Waals surface area contributed by atoms with Gasteiger partial charge in [-0.05, 0) is 18.4 Å². The fraction of sp³-hybridized carbons (Fsp3) is 0.143. The molecule has 0 aliphatic carbocycles. The van der Waals surface area contributed by atoms with Crippen LogP contribution in [0.3, 0.4) is 0 Å². The van der Waals surface area contributed by atoms with Gasteiger partial charge < -0.3 is 0 Å². The second-order valence-electron chi connectivity index (χ2n) is 1.71. The zero-order valence-electron chi connectivity index (χ0n) is 5.57. The quantitative estimate of drug-likeness (QED) is 0.613. The van der Waals surface area contributed by atoms with E-state index >= 15 is 0 Å². The van der Waals surface area contributed by atoms with E-state index < -0.39 is 0 Å².